The maximum Gasteiger partial charge on any atom is 0.145 e. The van der Waals surface area contributed by atoms with Crippen LogP contribution in [-0.4, -0.2) is 22.6 Å². The average Bonchev–Trinajstić information content (AvgIpc) is 2.73. The van der Waals surface area contributed by atoms with Gasteiger partial charge in [0.2, 0.25) is 0 Å². The Labute approximate surface area is 109 Å². The number of nitrogens with zero attached hydrogens (tertiary/aromatic N) is 3. The van der Waals surface area contributed by atoms with Crippen LogP contribution in [0.15, 0.2) is 6.07 Å². The smallest absolute Gasteiger partial charge is 0.145 e. The molecule has 0 bridgehead atoms. The Balaban J connectivity index is 2.41. The van der Waals surface area contributed by atoms with E-state index in [9.17, 15) is 0 Å². The van der Waals surface area contributed by atoms with Crippen LogP contribution in [0.4, 0.5) is 11.6 Å². The van der Waals surface area contributed by atoms with Crippen LogP contribution < -0.4 is 16.2 Å². The topological polar surface area (TPSA) is 67.1 Å². The molecule has 5 heteroatoms. The van der Waals surface area contributed by atoms with Crippen LogP contribution in [0, 0.1) is 0 Å². The number of rotatable bonds is 2. The molecule has 18 heavy (non-hydrogen) atoms. The van der Waals surface area contributed by atoms with Crippen LogP contribution in [0.3, 0.4) is 0 Å². The predicted molar refractivity (Wildman–Crippen MR) is 74.6 cm³/mol. The van der Waals surface area contributed by atoms with E-state index in [0.29, 0.717) is 11.9 Å². The summed E-state index contributed by atoms with van der Waals surface area (Å²) in [6.07, 6.45) is 2.45. The number of hydrogen-bond acceptors (Lipinski definition) is 5. The van der Waals surface area contributed by atoms with Crippen LogP contribution in [0.25, 0.3) is 0 Å². The highest BCUT2D eigenvalue weighted by Crippen LogP contribution is 2.28. The summed E-state index contributed by atoms with van der Waals surface area (Å²) in [5.74, 6) is 8.00. The van der Waals surface area contributed by atoms with E-state index < -0.39 is 0 Å². The molecule has 5 nitrogen and oxygen atoms in total. The third kappa shape index (κ3) is 2.56. The molecule has 0 radical (unpaired) electrons. The number of nitrogens with one attached hydrogen (secondary N) is 1. The van der Waals surface area contributed by atoms with Gasteiger partial charge in [-0.3, -0.25) is 0 Å². The summed E-state index contributed by atoms with van der Waals surface area (Å²) in [4.78, 5) is 11.5. The first kappa shape index (κ1) is 13.1. The molecule has 3 N–H and O–H groups in total. The maximum absolute atomic E-state index is 5.51. The van der Waals surface area contributed by atoms with Gasteiger partial charge in [0.1, 0.15) is 17.5 Å². The molecule has 1 saturated heterocycles. The number of hydrazine groups is 1. The van der Waals surface area contributed by atoms with E-state index in [2.05, 4.69) is 43.0 Å². The van der Waals surface area contributed by atoms with Crippen LogP contribution in [0.5, 0.6) is 0 Å². The third-order valence-corrected chi connectivity index (χ3v) is 3.38. The second kappa shape index (κ2) is 4.72. The van der Waals surface area contributed by atoms with Crippen molar-refractivity contribution in [2.24, 2.45) is 5.84 Å². The highest BCUT2D eigenvalue weighted by atomic mass is 15.3. The van der Waals surface area contributed by atoms with Gasteiger partial charge in [0.15, 0.2) is 0 Å². The summed E-state index contributed by atoms with van der Waals surface area (Å²) in [5, 5.41) is 0. The first-order valence-corrected chi connectivity index (χ1v) is 6.54. The molecular formula is C13H23N5. The van der Waals surface area contributed by atoms with Crippen LogP contribution in [-0.2, 0) is 5.41 Å². The summed E-state index contributed by atoms with van der Waals surface area (Å²) >= 11 is 0. The van der Waals surface area contributed by atoms with E-state index in [0.717, 1.165) is 18.2 Å². The number of nitrogen functional groups attached to an aromatic ring is 1. The van der Waals surface area contributed by atoms with E-state index in [1.807, 2.05) is 6.07 Å². The van der Waals surface area contributed by atoms with Crippen LogP contribution in [0.1, 0.15) is 46.4 Å². The average molecular weight is 249 g/mol. The standard InChI is InChI=1S/C13H23N5/c1-9-6-5-7-18(9)11-8-10(17-14)15-12(16-11)13(2,3)4/h8-9H,5-7,14H2,1-4H3,(H,15,16,17). The minimum Gasteiger partial charge on any atom is -0.354 e. The van der Waals surface area contributed by atoms with E-state index in [1.54, 1.807) is 0 Å². The van der Waals surface area contributed by atoms with Gasteiger partial charge in [0, 0.05) is 24.1 Å². The van der Waals surface area contributed by atoms with Gasteiger partial charge in [-0.15, -0.1) is 0 Å². The van der Waals surface area contributed by atoms with Crippen molar-refractivity contribution >= 4 is 11.6 Å². The van der Waals surface area contributed by atoms with Crippen molar-refractivity contribution in [3.05, 3.63) is 11.9 Å². The van der Waals surface area contributed by atoms with Crippen molar-refractivity contribution in [2.75, 3.05) is 16.9 Å². The number of nitrogens with two attached hydrogens (primary N) is 1. The molecule has 1 aliphatic heterocycles. The lowest BCUT2D eigenvalue weighted by atomic mass is 9.96. The molecule has 1 atom stereocenters. The lowest BCUT2D eigenvalue weighted by Crippen LogP contribution is -2.29. The Morgan fingerprint density at radius 1 is 1.39 bits per heavy atom. The van der Waals surface area contributed by atoms with Gasteiger partial charge in [-0.25, -0.2) is 15.8 Å². The fourth-order valence-corrected chi connectivity index (χ4v) is 2.26. The Morgan fingerprint density at radius 2 is 2.11 bits per heavy atom. The largest absolute Gasteiger partial charge is 0.354 e. The van der Waals surface area contributed by atoms with Gasteiger partial charge in [-0.2, -0.15) is 0 Å². The van der Waals surface area contributed by atoms with Crippen molar-refractivity contribution in [3.63, 3.8) is 0 Å². The van der Waals surface area contributed by atoms with Crippen molar-refractivity contribution < 1.29 is 0 Å². The number of hydrogen-bond donors (Lipinski definition) is 2. The zero-order valence-electron chi connectivity index (χ0n) is 11.7. The Hall–Kier alpha value is -1.36. The summed E-state index contributed by atoms with van der Waals surface area (Å²) in [5.41, 5.74) is 2.56. The molecule has 1 fully saturated rings. The SMILES string of the molecule is CC1CCCN1c1cc(NN)nc(C(C)(C)C)n1. The highest BCUT2D eigenvalue weighted by Gasteiger charge is 2.25. The molecular weight excluding hydrogens is 226 g/mol. The van der Waals surface area contributed by atoms with Gasteiger partial charge < -0.3 is 10.3 Å². The van der Waals surface area contributed by atoms with Crippen molar-refractivity contribution in [1.29, 1.82) is 0 Å². The Bertz CT molecular complexity index is 424. The molecule has 0 saturated carbocycles. The van der Waals surface area contributed by atoms with Crippen molar-refractivity contribution in [3.8, 4) is 0 Å². The second-order valence-electron chi connectivity index (χ2n) is 6.01. The fraction of sp³-hybridized carbons (Fsp3) is 0.692. The Morgan fingerprint density at radius 3 is 2.61 bits per heavy atom. The molecule has 0 amide bonds. The molecule has 1 aliphatic rings. The molecule has 2 heterocycles. The van der Waals surface area contributed by atoms with E-state index in [-0.39, 0.29) is 5.41 Å². The van der Waals surface area contributed by atoms with Gasteiger partial charge >= 0.3 is 0 Å². The van der Waals surface area contributed by atoms with E-state index in [1.165, 1.54) is 12.8 Å². The molecule has 0 spiro atoms. The maximum atomic E-state index is 5.51. The summed E-state index contributed by atoms with van der Waals surface area (Å²) in [6, 6.07) is 2.47. The second-order valence-corrected chi connectivity index (χ2v) is 6.01. The number of aromatic nitrogens is 2. The van der Waals surface area contributed by atoms with E-state index in [4.69, 9.17) is 10.8 Å². The first-order valence-electron chi connectivity index (χ1n) is 6.54. The normalized spacial score (nSPS) is 20.3. The van der Waals surface area contributed by atoms with Crippen LogP contribution in [0.2, 0.25) is 0 Å². The van der Waals surface area contributed by atoms with Crippen molar-refractivity contribution in [2.45, 2.75) is 52.0 Å². The predicted octanol–water partition coefficient (Wildman–Crippen LogP) is 2.05. The van der Waals surface area contributed by atoms with Crippen LogP contribution >= 0.6 is 0 Å². The zero-order chi connectivity index (χ0) is 13.3. The molecule has 2 rings (SSSR count). The minimum atomic E-state index is -0.0788. The molecule has 1 unspecified atom stereocenters. The van der Waals surface area contributed by atoms with Gasteiger partial charge in [0.25, 0.3) is 0 Å². The number of anilines is 2. The van der Waals surface area contributed by atoms with E-state index >= 15 is 0 Å². The van der Waals surface area contributed by atoms with Gasteiger partial charge in [-0.1, -0.05) is 20.8 Å². The Kier molecular flexibility index (Phi) is 3.43. The van der Waals surface area contributed by atoms with Crippen molar-refractivity contribution in [1.82, 2.24) is 9.97 Å². The minimum absolute atomic E-state index is 0.0788. The third-order valence-electron chi connectivity index (χ3n) is 3.38. The fourth-order valence-electron chi connectivity index (χ4n) is 2.26. The quantitative estimate of drug-likeness (QED) is 0.620. The monoisotopic (exact) mass is 249 g/mol. The summed E-state index contributed by atoms with van der Waals surface area (Å²) in [6.45, 7) is 9.63. The van der Waals surface area contributed by atoms with Gasteiger partial charge in [-0.05, 0) is 19.8 Å². The highest BCUT2D eigenvalue weighted by molar-refractivity contribution is 5.50. The first-order chi connectivity index (χ1) is 8.41. The molecule has 1 aromatic heterocycles. The summed E-state index contributed by atoms with van der Waals surface area (Å²) in [7, 11) is 0. The molecule has 0 aromatic carbocycles. The lowest BCUT2D eigenvalue weighted by molar-refractivity contribution is 0.544. The molecule has 0 aliphatic carbocycles. The van der Waals surface area contributed by atoms with Gasteiger partial charge in [0.05, 0.1) is 0 Å². The zero-order valence-corrected chi connectivity index (χ0v) is 11.7. The summed E-state index contributed by atoms with van der Waals surface area (Å²) < 4.78 is 0. The lowest BCUT2D eigenvalue weighted by Gasteiger charge is -2.25. The molecule has 100 valence electrons. The molecule has 1 aromatic rings.